The number of amides is 2. The average Bonchev–Trinajstić information content (AvgIpc) is 2.65. The SMILES string of the molecule is Cc1ccc(CC(=O)N2CCN(C(=O)Cc3ccccc3F)CC2)cc1. The van der Waals surface area contributed by atoms with Crippen molar-refractivity contribution >= 4 is 11.8 Å². The maximum atomic E-state index is 13.7. The van der Waals surface area contributed by atoms with Gasteiger partial charge in [0.15, 0.2) is 0 Å². The normalized spacial score (nSPS) is 14.4. The molecule has 0 aliphatic carbocycles. The Labute approximate surface area is 153 Å². The lowest BCUT2D eigenvalue weighted by Gasteiger charge is -2.35. The van der Waals surface area contributed by atoms with Crippen molar-refractivity contribution in [3.8, 4) is 0 Å². The summed E-state index contributed by atoms with van der Waals surface area (Å²) in [6, 6.07) is 14.3. The molecule has 0 bridgehead atoms. The van der Waals surface area contributed by atoms with E-state index in [4.69, 9.17) is 0 Å². The fourth-order valence-electron chi connectivity index (χ4n) is 3.11. The summed E-state index contributed by atoms with van der Waals surface area (Å²) in [5.41, 5.74) is 2.58. The van der Waals surface area contributed by atoms with Crippen molar-refractivity contribution in [2.24, 2.45) is 0 Å². The Morgan fingerprint density at radius 1 is 0.846 bits per heavy atom. The van der Waals surface area contributed by atoms with Gasteiger partial charge in [0.2, 0.25) is 11.8 Å². The Hall–Kier alpha value is -2.69. The Balaban J connectivity index is 1.50. The van der Waals surface area contributed by atoms with Crippen LogP contribution in [-0.2, 0) is 22.4 Å². The van der Waals surface area contributed by atoms with Gasteiger partial charge in [0.05, 0.1) is 12.8 Å². The molecule has 3 rings (SSSR count). The maximum absolute atomic E-state index is 13.7. The molecular formula is C21H23FN2O2. The van der Waals surface area contributed by atoms with Crippen molar-refractivity contribution in [2.75, 3.05) is 26.2 Å². The van der Waals surface area contributed by atoms with Crippen molar-refractivity contribution in [3.05, 3.63) is 71.0 Å². The van der Waals surface area contributed by atoms with Crippen LogP contribution in [0.5, 0.6) is 0 Å². The number of hydrogen-bond acceptors (Lipinski definition) is 2. The average molecular weight is 354 g/mol. The molecule has 0 N–H and O–H groups in total. The van der Waals surface area contributed by atoms with Gasteiger partial charge >= 0.3 is 0 Å². The highest BCUT2D eigenvalue weighted by molar-refractivity contribution is 5.81. The molecule has 0 spiro atoms. The summed E-state index contributed by atoms with van der Waals surface area (Å²) in [6.45, 7) is 4.05. The lowest BCUT2D eigenvalue weighted by Crippen LogP contribution is -2.51. The van der Waals surface area contributed by atoms with Crippen molar-refractivity contribution in [3.63, 3.8) is 0 Å². The quantitative estimate of drug-likeness (QED) is 0.847. The Morgan fingerprint density at radius 3 is 1.96 bits per heavy atom. The summed E-state index contributed by atoms with van der Waals surface area (Å²) >= 11 is 0. The molecule has 0 unspecified atom stereocenters. The minimum Gasteiger partial charge on any atom is -0.339 e. The lowest BCUT2D eigenvalue weighted by molar-refractivity contribution is -0.138. The highest BCUT2D eigenvalue weighted by atomic mass is 19.1. The highest BCUT2D eigenvalue weighted by Crippen LogP contribution is 2.12. The Kier molecular flexibility index (Phi) is 5.66. The van der Waals surface area contributed by atoms with Crippen LogP contribution < -0.4 is 0 Å². The molecule has 1 aliphatic rings. The molecule has 0 radical (unpaired) electrons. The van der Waals surface area contributed by atoms with E-state index in [1.807, 2.05) is 31.2 Å². The van der Waals surface area contributed by atoms with Gasteiger partial charge in [-0.25, -0.2) is 4.39 Å². The van der Waals surface area contributed by atoms with Crippen LogP contribution >= 0.6 is 0 Å². The smallest absolute Gasteiger partial charge is 0.227 e. The van der Waals surface area contributed by atoms with Crippen LogP contribution in [0.25, 0.3) is 0 Å². The van der Waals surface area contributed by atoms with E-state index in [9.17, 15) is 14.0 Å². The van der Waals surface area contributed by atoms with Crippen molar-refractivity contribution in [2.45, 2.75) is 19.8 Å². The molecule has 2 aromatic carbocycles. The molecule has 1 heterocycles. The van der Waals surface area contributed by atoms with Crippen LogP contribution in [0, 0.1) is 12.7 Å². The third-order valence-electron chi connectivity index (χ3n) is 4.76. The van der Waals surface area contributed by atoms with Gasteiger partial charge in [-0.2, -0.15) is 0 Å². The molecule has 1 fully saturated rings. The molecular weight excluding hydrogens is 331 g/mol. The molecule has 26 heavy (non-hydrogen) atoms. The second kappa shape index (κ2) is 8.13. The molecule has 0 aromatic heterocycles. The monoisotopic (exact) mass is 354 g/mol. The first-order valence-corrected chi connectivity index (χ1v) is 8.87. The zero-order valence-electron chi connectivity index (χ0n) is 15.0. The fourth-order valence-corrected chi connectivity index (χ4v) is 3.11. The van der Waals surface area contributed by atoms with Gasteiger partial charge in [0.25, 0.3) is 0 Å². The lowest BCUT2D eigenvalue weighted by atomic mass is 10.1. The molecule has 5 heteroatoms. The molecule has 136 valence electrons. The van der Waals surface area contributed by atoms with Crippen molar-refractivity contribution in [1.82, 2.24) is 9.80 Å². The topological polar surface area (TPSA) is 40.6 Å². The van der Waals surface area contributed by atoms with E-state index >= 15 is 0 Å². The van der Waals surface area contributed by atoms with Crippen LogP contribution in [0.3, 0.4) is 0 Å². The number of aryl methyl sites for hydroxylation is 1. The van der Waals surface area contributed by atoms with Crippen LogP contribution in [0.15, 0.2) is 48.5 Å². The first-order valence-electron chi connectivity index (χ1n) is 8.87. The summed E-state index contributed by atoms with van der Waals surface area (Å²) in [7, 11) is 0. The zero-order chi connectivity index (χ0) is 18.5. The summed E-state index contributed by atoms with van der Waals surface area (Å²) in [4.78, 5) is 28.3. The Morgan fingerprint density at radius 2 is 1.38 bits per heavy atom. The first kappa shape index (κ1) is 18.1. The van der Waals surface area contributed by atoms with Crippen LogP contribution in [0.2, 0.25) is 0 Å². The number of carbonyl (C=O) groups is 2. The summed E-state index contributed by atoms with van der Waals surface area (Å²) in [5, 5.41) is 0. The number of carbonyl (C=O) groups excluding carboxylic acids is 2. The molecule has 0 atom stereocenters. The summed E-state index contributed by atoms with van der Waals surface area (Å²) in [5.74, 6) is -0.372. The van der Waals surface area contributed by atoms with Gasteiger partial charge in [0, 0.05) is 26.2 Å². The molecule has 0 saturated carbocycles. The second-order valence-electron chi connectivity index (χ2n) is 6.69. The van der Waals surface area contributed by atoms with Gasteiger partial charge in [-0.1, -0.05) is 48.0 Å². The third kappa shape index (κ3) is 4.48. The number of hydrogen-bond donors (Lipinski definition) is 0. The number of nitrogens with zero attached hydrogens (tertiary/aromatic N) is 2. The van der Waals surface area contributed by atoms with E-state index in [0.717, 1.165) is 5.56 Å². The Bertz CT molecular complexity index is 781. The molecule has 1 aliphatic heterocycles. The highest BCUT2D eigenvalue weighted by Gasteiger charge is 2.24. The van der Waals surface area contributed by atoms with E-state index in [1.54, 1.807) is 28.0 Å². The number of benzene rings is 2. The number of rotatable bonds is 4. The van der Waals surface area contributed by atoms with Gasteiger partial charge in [-0.15, -0.1) is 0 Å². The fraction of sp³-hybridized carbons (Fsp3) is 0.333. The van der Waals surface area contributed by atoms with Gasteiger partial charge < -0.3 is 9.80 Å². The van der Waals surface area contributed by atoms with Crippen molar-refractivity contribution in [1.29, 1.82) is 0 Å². The maximum Gasteiger partial charge on any atom is 0.227 e. The van der Waals surface area contributed by atoms with E-state index in [-0.39, 0.29) is 24.1 Å². The summed E-state index contributed by atoms with van der Waals surface area (Å²) < 4.78 is 13.7. The summed E-state index contributed by atoms with van der Waals surface area (Å²) in [6.07, 6.45) is 0.438. The first-order chi connectivity index (χ1) is 12.5. The molecule has 2 aromatic rings. The van der Waals surface area contributed by atoms with Gasteiger partial charge in [-0.3, -0.25) is 9.59 Å². The zero-order valence-corrected chi connectivity index (χ0v) is 15.0. The molecule has 1 saturated heterocycles. The molecule has 2 amide bonds. The van der Waals surface area contributed by atoms with E-state index in [1.165, 1.54) is 11.6 Å². The minimum absolute atomic E-state index is 0.0595. The van der Waals surface area contributed by atoms with Crippen LogP contribution in [0.4, 0.5) is 4.39 Å². The van der Waals surface area contributed by atoms with E-state index < -0.39 is 0 Å². The van der Waals surface area contributed by atoms with Gasteiger partial charge in [0.1, 0.15) is 5.82 Å². The van der Waals surface area contributed by atoms with E-state index in [0.29, 0.717) is 38.2 Å². The number of piperazine rings is 1. The van der Waals surface area contributed by atoms with Crippen LogP contribution in [0.1, 0.15) is 16.7 Å². The minimum atomic E-state index is -0.354. The van der Waals surface area contributed by atoms with Crippen LogP contribution in [-0.4, -0.2) is 47.8 Å². The van der Waals surface area contributed by atoms with Gasteiger partial charge in [-0.05, 0) is 24.1 Å². The van der Waals surface area contributed by atoms with E-state index in [2.05, 4.69) is 0 Å². The molecule has 4 nitrogen and oxygen atoms in total. The third-order valence-corrected chi connectivity index (χ3v) is 4.76. The number of halogens is 1. The standard InChI is InChI=1S/C21H23FN2O2/c1-16-6-8-17(9-7-16)14-20(25)23-10-12-24(13-11-23)21(26)15-18-4-2-3-5-19(18)22/h2-9H,10-15H2,1H3. The largest absolute Gasteiger partial charge is 0.339 e. The second-order valence-corrected chi connectivity index (χ2v) is 6.69. The van der Waals surface area contributed by atoms with Crippen molar-refractivity contribution < 1.29 is 14.0 Å². The predicted octanol–water partition coefficient (Wildman–Crippen LogP) is 2.59. The predicted molar refractivity (Wildman–Crippen MR) is 98.1 cm³/mol.